The van der Waals surface area contributed by atoms with Crippen LogP contribution < -0.4 is 10.5 Å². The number of rotatable bonds is 5. The molecule has 1 aliphatic carbocycles. The van der Waals surface area contributed by atoms with Gasteiger partial charge >= 0.3 is 0 Å². The van der Waals surface area contributed by atoms with Crippen molar-refractivity contribution in [3.8, 4) is 5.75 Å². The summed E-state index contributed by atoms with van der Waals surface area (Å²) >= 11 is 7.39. The van der Waals surface area contributed by atoms with Crippen LogP contribution in [0.4, 0.5) is 4.39 Å². The molecule has 24 heavy (non-hydrogen) atoms. The van der Waals surface area contributed by atoms with Gasteiger partial charge in [-0.25, -0.2) is 9.37 Å². The lowest BCUT2D eigenvalue weighted by atomic mass is 10.0. The van der Waals surface area contributed by atoms with Gasteiger partial charge in [0.05, 0.1) is 11.3 Å². The molecule has 2 N–H and O–H groups in total. The van der Waals surface area contributed by atoms with Crippen LogP contribution in [0.3, 0.4) is 0 Å². The average molecular weight is 365 g/mol. The van der Waals surface area contributed by atoms with Gasteiger partial charge in [0.1, 0.15) is 11.6 Å². The average Bonchev–Trinajstić information content (AvgIpc) is 3.03. The van der Waals surface area contributed by atoms with Gasteiger partial charge < -0.3 is 10.5 Å². The normalized spacial score (nSPS) is 14.1. The van der Waals surface area contributed by atoms with Gasteiger partial charge in [0, 0.05) is 10.4 Å². The van der Waals surface area contributed by atoms with Crippen molar-refractivity contribution in [1.29, 1.82) is 0 Å². The summed E-state index contributed by atoms with van der Waals surface area (Å²) < 4.78 is 19.5. The van der Waals surface area contributed by atoms with Gasteiger partial charge in [-0.05, 0) is 36.6 Å². The van der Waals surface area contributed by atoms with Crippen LogP contribution >= 0.6 is 22.9 Å². The first-order valence-electron chi connectivity index (χ1n) is 7.25. The molecule has 3 rings (SSSR count). The quantitative estimate of drug-likeness (QED) is 0.862. The highest BCUT2D eigenvalue weighted by molar-refractivity contribution is 7.09. The first kappa shape index (κ1) is 16.7. The van der Waals surface area contributed by atoms with Gasteiger partial charge in [-0.2, -0.15) is 0 Å². The zero-order valence-corrected chi connectivity index (χ0v) is 14.2. The van der Waals surface area contributed by atoms with Gasteiger partial charge in [0.2, 0.25) is 0 Å². The Balaban J connectivity index is 1.70. The first-order valence-corrected chi connectivity index (χ1v) is 8.51. The van der Waals surface area contributed by atoms with E-state index >= 15 is 0 Å². The lowest BCUT2D eigenvalue weighted by molar-refractivity contribution is 0.0995. The number of ether oxygens (including phenoxy) is 1. The predicted molar refractivity (Wildman–Crippen MR) is 92.5 cm³/mol. The van der Waals surface area contributed by atoms with Crippen molar-refractivity contribution in [3.05, 3.63) is 62.8 Å². The highest BCUT2D eigenvalue weighted by Gasteiger charge is 2.15. The number of hydrogen-bond donors (Lipinski definition) is 1. The lowest BCUT2D eigenvalue weighted by Crippen LogP contribution is -2.13. The van der Waals surface area contributed by atoms with Crippen molar-refractivity contribution in [2.24, 2.45) is 5.73 Å². The van der Waals surface area contributed by atoms with Crippen molar-refractivity contribution in [2.45, 2.75) is 19.4 Å². The van der Waals surface area contributed by atoms with Crippen LogP contribution in [0.2, 0.25) is 0 Å². The highest BCUT2D eigenvalue weighted by atomic mass is 35.5. The molecule has 124 valence electrons. The summed E-state index contributed by atoms with van der Waals surface area (Å²) in [7, 11) is 0. The second-order valence-electron chi connectivity index (χ2n) is 5.20. The fourth-order valence-corrected chi connectivity index (χ4v) is 3.19. The second-order valence-corrected chi connectivity index (χ2v) is 6.63. The van der Waals surface area contributed by atoms with Crippen LogP contribution in [-0.4, -0.2) is 10.9 Å². The number of amides is 1. The summed E-state index contributed by atoms with van der Waals surface area (Å²) in [5, 5.41) is 3.49. The van der Waals surface area contributed by atoms with Crippen LogP contribution in [0.15, 0.2) is 40.8 Å². The van der Waals surface area contributed by atoms with Gasteiger partial charge in [-0.3, -0.25) is 4.79 Å². The molecule has 0 fully saturated rings. The van der Waals surface area contributed by atoms with E-state index in [-0.39, 0.29) is 17.9 Å². The number of carbonyl (C=O) groups excluding carboxylic acids is 1. The molecule has 0 unspecified atom stereocenters. The monoisotopic (exact) mass is 364 g/mol. The minimum absolute atomic E-state index is 0.0188. The van der Waals surface area contributed by atoms with Gasteiger partial charge in [-0.1, -0.05) is 23.7 Å². The number of aromatic nitrogens is 1. The lowest BCUT2D eigenvalue weighted by Gasteiger charge is -2.08. The van der Waals surface area contributed by atoms with Crippen molar-refractivity contribution in [3.63, 3.8) is 0 Å². The fraction of sp³-hybridized carbons (Fsp3) is 0.176. The standard InChI is InChI=1S/C17H14ClFN2O2S/c18-11-6-4-10(5-7-11)13-9-24-15(21-13)8-23-14-3-1-2-12(16(14)19)17(20)22/h1-4,6,9H,5,7-8H2,(H2,20,22). The van der Waals surface area contributed by atoms with Crippen molar-refractivity contribution >= 4 is 34.4 Å². The van der Waals surface area contributed by atoms with Gasteiger partial charge in [0.25, 0.3) is 5.91 Å². The smallest absolute Gasteiger partial charge is 0.251 e. The zero-order chi connectivity index (χ0) is 17.1. The molecule has 4 nitrogen and oxygen atoms in total. The Labute approximate surface area is 147 Å². The van der Waals surface area contributed by atoms with Crippen LogP contribution in [0.1, 0.15) is 33.9 Å². The molecule has 1 amide bonds. The third-order valence-corrected chi connectivity index (χ3v) is 4.70. The summed E-state index contributed by atoms with van der Waals surface area (Å²) in [5.41, 5.74) is 6.92. The van der Waals surface area contributed by atoms with Crippen LogP contribution in [0.25, 0.3) is 5.57 Å². The summed E-state index contributed by atoms with van der Waals surface area (Å²) in [4.78, 5) is 15.6. The van der Waals surface area contributed by atoms with Crippen molar-refractivity contribution in [2.75, 3.05) is 0 Å². The van der Waals surface area contributed by atoms with Gasteiger partial charge in [0.15, 0.2) is 11.6 Å². The number of primary amides is 1. The maximum atomic E-state index is 14.1. The van der Waals surface area contributed by atoms with E-state index in [1.54, 1.807) is 0 Å². The number of hydrogen-bond acceptors (Lipinski definition) is 4. The Morgan fingerprint density at radius 2 is 2.21 bits per heavy atom. The zero-order valence-electron chi connectivity index (χ0n) is 12.6. The predicted octanol–water partition coefficient (Wildman–Crippen LogP) is 4.26. The highest BCUT2D eigenvalue weighted by Crippen LogP contribution is 2.29. The molecule has 7 heteroatoms. The number of nitrogens with two attached hydrogens (primary N) is 1. The summed E-state index contributed by atoms with van der Waals surface area (Å²) in [6.45, 7) is 0.119. The first-order chi connectivity index (χ1) is 11.5. The van der Waals surface area contributed by atoms with E-state index in [2.05, 4.69) is 4.98 Å². The Hall–Kier alpha value is -2.18. The van der Waals surface area contributed by atoms with E-state index in [9.17, 15) is 9.18 Å². The van der Waals surface area contributed by atoms with Crippen molar-refractivity contribution < 1.29 is 13.9 Å². The van der Waals surface area contributed by atoms with E-state index in [0.29, 0.717) is 0 Å². The molecule has 0 aliphatic heterocycles. The van der Waals surface area contributed by atoms with Crippen molar-refractivity contribution in [1.82, 2.24) is 4.98 Å². The summed E-state index contributed by atoms with van der Waals surface area (Å²) in [6, 6.07) is 4.29. The van der Waals surface area contributed by atoms with E-state index in [1.165, 1.54) is 29.5 Å². The SMILES string of the molecule is NC(=O)c1cccc(OCc2nc(C3=CC=C(Cl)CC3)cs2)c1F. The maximum absolute atomic E-state index is 14.1. The molecule has 0 saturated heterocycles. The molecular formula is C17H14ClFN2O2S. The van der Waals surface area contributed by atoms with E-state index in [0.717, 1.165) is 34.1 Å². The van der Waals surface area contributed by atoms with Gasteiger partial charge in [-0.15, -0.1) is 11.3 Å². The summed E-state index contributed by atoms with van der Waals surface area (Å²) in [5.74, 6) is -1.60. The topological polar surface area (TPSA) is 65.2 Å². The number of thiazole rings is 1. The van der Waals surface area contributed by atoms with E-state index < -0.39 is 11.7 Å². The molecular weight excluding hydrogens is 351 g/mol. The molecule has 1 aromatic carbocycles. The minimum atomic E-state index is -0.828. The van der Waals surface area contributed by atoms with E-state index in [4.69, 9.17) is 22.1 Å². The van der Waals surface area contributed by atoms with Crippen LogP contribution in [-0.2, 0) is 6.61 Å². The number of benzene rings is 1. The Morgan fingerprint density at radius 1 is 1.38 bits per heavy atom. The molecule has 0 spiro atoms. The third-order valence-electron chi connectivity index (χ3n) is 3.56. The molecule has 0 atom stereocenters. The molecule has 1 aliphatic rings. The molecule has 2 aromatic rings. The molecule has 0 bridgehead atoms. The third kappa shape index (κ3) is 3.66. The van der Waals surface area contributed by atoms with Crippen LogP contribution in [0.5, 0.6) is 5.75 Å². The summed E-state index contributed by atoms with van der Waals surface area (Å²) in [6.07, 6.45) is 5.48. The van der Waals surface area contributed by atoms with Crippen LogP contribution in [0, 0.1) is 5.82 Å². The Bertz CT molecular complexity index is 845. The Morgan fingerprint density at radius 3 is 2.92 bits per heavy atom. The largest absolute Gasteiger partial charge is 0.483 e. The number of halogens is 2. The second kappa shape index (κ2) is 7.15. The molecule has 1 aromatic heterocycles. The molecule has 0 saturated carbocycles. The number of carbonyl (C=O) groups is 1. The molecule has 1 heterocycles. The Kier molecular flexibility index (Phi) is 4.97. The maximum Gasteiger partial charge on any atom is 0.251 e. The number of nitrogens with zero attached hydrogens (tertiary/aromatic N) is 1. The fourth-order valence-electron chi connectivity index (χ4n) is 2.30. The number of allylic oxidation sites excluding steroid dienone is 4. The van der Waals surface area contributed by atoms with E-state index in [1.807, 2.05) is 17.5 Å². The minimum Gasteiger partial charge on any atom is -0.483 e. The molecule has 0 radical (unpaired) electrons.